The Kier molecular flexibility index (Phi) is 8.59. The molecule has 2 aromatic carbocycles. The minimum absolute atomic E-state index is 0.120. The number of ether oxygens (including phenoxy) is 2. The van der Waals surface area contributed by atoms with Crippen molar-refractivity contribution in [3.63, 3.8) is 0 Å². The zero-order valence-corrected chi connectivity index (χ0v) is 18.6. The van der Waals surface area contributed by atoms with Crippen molar-refractivity contribution in [1.82, 2.24) is 5.32 Å². The highest BCUT2D eigenvalue weighted by molar-refractivity contribution is 5.33. The predicted octanol–water partition coefficient (Wildman–Crippen LogP) is 5.82. The molecule has 0 bridgehead atoms. The summed E-state index contributed by atoms with van der Waals surface area (Å²) >= 11 is 0. The molecule has 0 aromatic heterocycles. The molecule has 0 radical (unpaired) electrons. The number of benzene rings is 2. The average Bonchev–Trinajstić information content (AvgIpc) is 2.79. The third-order valence-corrected chi connectivity index (χ3v) is 6.41. The van der Waals surface area contributed by atoms with E-state index in [-0.39, 0.29) is 24.1 Å². The Morgan fingerprint density at radius 3 is 1.97 bits per heavy atom. The number of hydrogen-bond acceptors (Lipinski definition) is 4. The summed E-state index contributed by atoms with van der Waals surface area (Å²) in [4.78, 5) is 0. The summed E-state index contributed by atoms with van der Waals surface area (Å²) in [6, 6.07) is 16.7. The lowest BCUT2D eigenvalue weighted by Gasteiger charge is -2.41. The molecule has 0 unspecified atom stereocenters. The number of aliphatic hydroxyl groups is 1. The third-order valence-electron chi connectivity index (χ3n) is 6.41. The third kappa shape index (κ3) is 5.77. The van der Waals surface area contributed by atoms with E-state index >= 15 is 0 Å². The van der Waals surface area contributed by atoms with Gasteiger partial charge in [0.1, 0.15) is 11.5 Å². The normalized spacial score (nSPS) is 23.9. The molecule has 2 N–H and O–H groups in total. The van der Waals surface area contributed by atoms with Gasteiger partial charge in [-0.1, -0.05) is 63.3 Å². The first-order valence-corrected chi connectivity index (χ1v) is 11.4. The summed E-state index contributed by atoms with van der Waals surface area (Å²) in [7, 11) is 3.37. The Labute approximate surface area is 181 Å². The van der Waals surface area contributed by atoms with Crippen molar-refractivity contribution in [2.24, 2.45) is 5.92 Å². The quantitative estimate of drug-likeness (QED) is 0.484. The van der Waals surface area contributed by atoms with Gasteiger partial charge in [-0.3, -0.25) is 0 Å². The highest BCUT2D eigenvalue weighted by Crippen LogP contribution is 2.40. The Hall–Kier alpha value is -2.04. The van der Waals surface area contributed by atoms with Crippen LogP contribution in [0.4, 0.5) is 0 Å². The van der Waals surface area contributed by atoms with E-state index in [4.69, 9.17) is 9.47 Å². The van der Waals surface area contributed by atoms with Crippen LogP contribution >= 0.6 is 0 Å². The van der Waals surface area contributed by atoms with Gasteiger partial charge in [0, 0.05) is 18.0 Å². The minimum Gasteiger partial charge on any atom is -0.497 e. The van der Waals surface area contributed by atoms with Crippen molar-refractivity contribution < 1.29 is 14.6 Å². The molecule has 1 fully saturated rings. The van der Waals surface area contributed by atoms with E-state index in [1.165, 1.54) is 43.2 Å². The summed E-state index contributed by atoms with van der Waals surface area (Å²) in [6.07, 6.45) is 7.71. The van der Waals surface area contributed by atoms with E-state index in [0.717, 1.165) is 24.3 Å². The topological polar surface area (TPSA) is 50.7 Å². The van der Waals surface area contributed by atoms with Crippen LogP contribution in [0, 0.1) is 5.92 Å². The van der Waals surface area contributed by atoms with Gasteiger partial charge in [-0.15, -0.1) is 0 Å². The number of methoxy groups -OCH3 is 2. The Morgan fingerprint density at radius 2 is 1.40 bits per heavy atom. The summed E-state index contributed by atoms with van der Waals surface area (Å²) < 4.78 is 10.6. The highest BCUT2D eigenvalue weighted by Gasteiger charge is 2.37. The molecule has 0 aliphatic carbocycles. The number of nitrogens with one attached hydrogen (secondary N) is 1. The number of piperidine rings is 1. The Morgan fingerprint density at radius 1 is 0.833 bits per heavy atom. The second-order valence-electron chi connectivity index (χ2n) is 8.41. The molecule has 0 amide bonds. The summed E-state index contributed by atoms with van der Waals surface area (Å²) in [5.41, 5.74) is 2.40. The van der Waals surface area contributed by atoms with Crippen LogP contribution in [0.5, 0.6) is 11.5 Å². The van der Waals surface area contributed by atoms with Crippen LogP contribution in [0.3, 0.4) is 0 Å². The monoisotopic (exact) mass is 411 g/mol. The lowest BCUT2D eigenvalue weighted by atomic mass is 9.77. The van der Waals surface area contributed by atoms with Crippen LogP contribution < -0.4 is 14.8 Å². The van der Waals surface area contributed by atoms with Gasteiger partial charge in [0.15, 0.2) is 0 Å². The largest absolute Gasteiger partial charge is 0.497 e. The van der Waals surface area contributed by atoms with Crippen LogP contribution in [-0.2, 0) is 0 Å². The van der Waals surface area contributed by atoms with Crippen molar-refractivity contribution in [3.05, 3.63) is 59.7 Å². The van der Waals surface area contributed by atoms with Gasteiger partial charge < -0.3 is 19.9 Å². The van der Waals surface area contributed by atoms with E-state index in [1.807, 2.05) is 24.3 Å². The van der Waals surface area contributed by atoms with E-state index in [9.17, 15) is 5.11 Å². The molecular formula is C26H37NO3. The molecule has 4 heteroatoms. The summed E-state index contributed by atoms with van der Waals surface area (Å²) in [5.74, 6) is 1.93. The second-order valence-corrected chi connectivity index (χ2v) is 8.41. The van der Waals surface area contributed by atoms with Gasteiger partial charge in [-0.2, -0.15) is 0 Å². The summed E-state index contributed by atoms with van der Waals surface area (Å²) in [6.45, 7) is 2.24. The molecule has 2 aromatic rings. The number of hydrogen-bond donors (Lipinski definition) is 2. The summed E-state index contributed by atoms with van der Waals surface area (Å²) in [5, 5.41) is 15.0. The Bertz CT molecular complexity index is 744. The van der Waals surface area contributed by atoms with Gasteiger partial charge in [0.05, 0.1) is 20.3 Å². The molecule has 0 saturated carbocycles. The van der Waals surface area contributed by atoms with Gasteiger partial charge in [-0.25, -0.2) is 0 Å². The molecule has 1 aliphatic heterocycles. The molecule has 1 saturated heterocycles. The zero-order valence-electron chi connectivity index (χ0n) is 18.6. The average molecular weight is 412 g/mol. The van der Waals surface area contributed by atoms with Gasteiger partial charge in [0.2, 0.25) is 0 Å². The number of aliphatic hydroxyl groups excluding tert-OH is 1. The standard InChI is InChI=1S/C26H37NO3/c1-4-5-6-7-8-9-23-25(28)18-24(19-10-14-21(29-2)15-11-19)27-26(23)20-12-16-22(30-3)17-13-20/h10-17,23-28H,4-9,18H2,1-3H3/t23-,24+,25-,26+/m0/s1. The molecule has 1 heterocycles. The van der Waals surface area contributed by atoms with Crippen LogP contribution in [0.2, 0.25) is 0 Å². The molecule has 164 valence electrons. The molecular weight excluding hydrogens is 374 g/mol. The molecule has 1 aliphatic rings. The number of unbranched alkanes of at least 4 members (excludes halogenated alkanes) is 4. The second kappa shape index (κ2) is 11.4. The fourth-order valence-electron chi connectivity index (χ4n) is 4.61. The van der Waals surface area contributed by atoms with E-state index in [0.29, 0.717) is 0 Å². The van der Waals surface area contributed by atoms with E-state index in [2.05, 4.69) is 36.5 Å². The maximum atomic E-state index is 11.1. The van der Waals surface area contributed by atoms with E-state index in [1.54, 1.807) is 14.2 Å². The Balaban J connectivity index is 1.77. The SMILES string of the molecule is CCCCCCC[C@@H]1[C@@H](c2ccc(OC)cc2)N[C@@H](c2ccc(OC)cc2)C[C@@H]1O. The molecule has 30 heavy (non-hydrogen) atoms. The highest BCUT2D eigenvalue weighted by atomic mass is 16.5. The van der Waals surface area contributed by atoms with Gasteiger partial charge in [0.25, 0.3) is 0 Å². The first-order valence-electron chi connectivity index (χ1n) is 11.4. The maximum absolute atomic E-state index is 11.1. The minimum atomic E-state index is -0.323. The fraction of sp³-hybridized carbons (Fsp3) is 0.538. The van der Waals surface area contributed by atoms with Crippen LogP contribution in [0.25, 0.3) is 0 Å². The predicted molar refractivity (Wildman–Crippen MR) is 122 cm³/mol. The maximum Gasteiger partial charge on any atom is 0.118 e. The van der Waals surface area contributed by atoms with Crippen molar-refractivity contribution in [2.75, 3.05) is 14.2 Å². The lowest BCUT2D eigenvalue weighted by molar-refractivity contribution is 0.0253. The smallest absolute Gasteiger partial charge is 0.118 e. The number of rotatable bonds is 10. The van der Waals surface area contributed by atoms with Crippen LogP contribution in [0.15, 0.2) is 48.5 Å². The lowest BCUT2D eigenvalue weighted by Crippen LogP contribution is -2.44. The fourth-order valence-corrected chi connectivity index (χ4v) is 4.61. The van der Waals surface area contributed by atoms with Crippen LogP contribution in [0.1, 0.15) is 75.1 Å². The first-order chi connectivity index (χ1) is 14.7. The van der Waals surface area contributed by atoms with Crippen molar-refractivity contribution in [1.29, 1.82) is 0 Å². The first kappa shape index (κ1) is 22.6. The van der Waals surface area contributed by atoms with Crippen molar-refractivity contribution in [3.8, 4) is 11.5 Å². The van der Waals surface area contributed by atoms with Crippen LogP contribution in [-0.4, -0.2) is 25.4 Å². The molecule has 4 atom stereocenters. The van der Waals surface area contributed by atoms with Crippen molar-refractivity contribution >= 4 is 0 Å². The molecule has 4 nitrogen and oxygen atoms in total. The van der Waals surface area contributed by atoms with Gasteiger partial charge in [-0.05, 0) is 48.2 Å². The molecule has 0 spiro atoms. The zero-order chi connectivity index (χ0) is 21.3. The van der Waals surface area contributed by atoms with E-state index < -0.39 is 0 Å². The molecule has 3 rings (SSSR count). The van der Waals surface area contributed by atoms with Gasteiger partial charge >= 0.3 is 0 Å². The van der Waals surface area contributed by atoms with Crippen molar-refractivity contribution in [2.45, 2.75) is 70.1 Å².